The van der Waals surface area contributed by atoms with E-state index >= 15 is 0 Å². The highest BCUT2D eigenvalue weighted by Crippen LogP contribution is 2.17. The predicted molar refractivity (Wildman–Crippen MR) is 94.3 cm³/mol. The number of hydrogen-bond acceptors (Lipinski definition) is 3. The van der Waals surface area contributed by atoms with Gasteiger partial charge in [0.05, 0.1) is 7.11 Å². The average Bonchev–Trinajstić information content (AvgIpc) is 2.60. The number of hydrogen-bond donors (Lipinski definition) is 3. The van der Waals surface area contributed by atoms with Crippen molar-refractivity contribution in [3.8, 4) is 5.75 Å². The summed E-state index contributed by atoms with van der Waals surface area (Å²) in [7, 11) is 1.60. The fourth-order valence-electron chi connectivity index (χ4n) is 2.83. The summed E-state index contributed by atoms with van der Waals surface area (Å²) in [5.41, 5.74) is 0.740. The van der Waals surface area contributed by atoms with Gasteiger partial charge in [-0.3, -0.25) is 4.79 Å². The second-order valence-electron chi connectivity index (χ2n) is 6.12. The summed E-state index contributed by atoms with van der Waals surface area (Å²) in [4.78, 5) is 23.6. The molecule has 0 spiro atoms. The lowest BCUT2D eigenvalue weighted by molar-refractivity contribution is -0.116. The zero-order valence-electron chi connectivity index (χ0n) is 14.3. The highest BCUT2D eigenvalue weighted by molar-refractivity contribution is 5.90. The van der Waals surface area contributed by atoms with Gasteiger partial charge < -0.3 is 20.7 Å². The summed E-state index contributed by atoms with van der Waals surface area (Å²) in [6.07, 6.45) is 6.77. The van der Waals surface area contributed by atoms with Crippen LogP contribution in [0.3, 0.4) is 0 Å². The smallest absolute Gasteiger partial charge is 0.315 e. The van der Waals surface area contributed by atoms with Crippen LogP contribution in [0.25, 0.3) is 0 Å². The monoisotopic (exact) mass is 333 g/mol. The first-order valence-electron chi connectivity index (χ1n) is 8.65. The van der Waals surface area contributed by atoms with Crippen LogP contribution < -0.4 is 20.7 Å². The van der Waals surface area contributed by atoms with Crippen LogP contribution in [-0.2, 0) is 4.79 Å². The fraction of sp³-hybridized carbons (Fsp3) is 0.556. The molecule has 3 amide bonds. The molecule has 1 aromatic rings. The van der Waals surface area contributed by atoms with Crippen molar-refractivity contribution >= 4 is 17.6 Å². The Hall–Kier alpha value is -2.24. The molecule has 6 nitrogen and oxygen atoms in total. The summed E-state index contributed by atoms with van der Waals surface area (Å²) in [6.45, 7) is 0.495. The molecule has 1 saturated carbocycles. The van der Waals surface area contributed by atoms with E-state index in [9.17, 15) is 9.59 Å². The zero-order chi connectivity index (χ0) is 17.2. The number of nitrogens with one attached hydrogen (secondary N) is 3. The SMILES string of the molecule is COc1ccc(NC(=O)CCCNC(=O)NC2CCCCC2)cc1. The maximum Gasteiger partial charge on any atom is 0.315 e. The highest BCUT2D eigenvalue weighted by Gasteiger charge is 2.15. The van der Waals surface area contributed by atoms with Crippen LogP contribution >= 0.6 is 0 Å². The Morgan fingerprint density at radius 1 is 1.12 bits per heavy atom. The summed E-state index contributed by atoms with van der Waals surface area (Å²) in [6, 6.07) is 7.37. The summed E-state index contributed by atoms with van der Waals surface area (Å²) < 4.78 is 5.07. The molecule has 132 valence electrons. The molecule has 1 aromatic carbocycles. The first-order chi connectivity index (χ1) is 11.7. The summed E-state index contributed by atoms with van der Waals surface area (Å²) >= 11 is 0. The van der Waals surface area contributed by atoms with Crippen molar-refractivity contribution in [2.45, 2.75) is 51.0 Å². The van der Waals surface area contributed by atoms with Crippen molar-refractivity contribution < 1.29 is 14.3 Å². The lowest BCUT2D eigenvalue weighted by atomic mass is 9.96. The van der Waals surface area contributed by atoms with Crippen LogP contribution in [0.1, 0.15) is 44.9 Å². The van der Waals surface area contributed by atoms with Crippen molar-refractivity contribution in [1.82, 2.24) is 10.6 Å². The van der Waals surface area contributed by atoms with Gasteiger partial charge in [-0.05, 0) is 43.5 Å². The molecule has 1 fully saturated rings. The van der Waals surface area contributed by atoms with Crippen molar-refractivity contribution in [2.24, 2.45) is 0 Å². The van der Waals surface area contributed by atoms with Crippen LogP contribution in [0, 0.1) is 0 Å². The van der Waals surface area contributed by atoms with Crippen molar-refractivity contribution in [3.63, 3.8) is 0 Å². The Morgan fingerprint density at radius 2 is 1.83 bits per heavy atom. The second kappa shape index (κ2) is 9.80. The van der Waals surface area contributed by atoms with Crippen LogP contribution in [0.15, 0.2) is 24.3 Å². The maximum atomic E-state index is 11.9. The number of rotatable bonds is 7. The number of benzene rings is 1. The molecule has 0 atom stereocenters. The third-order valence-electron chi connectivity index (χ3n) is 4.18. The Morgan fingerprint density at radius 3 is 2.50 bits per heavy atom. The molecule has 1 aliphatic rings. The number of anilines is 1. The van der Waals surface area contributed by atoms with Crippen LogP contribution in [0.4, 0.5) is 10.5 Å². The standard InChI is InChI=1S/C18H27N3O3/c1-24-16-11-9-15(10-12-16)20-17(22)8-5-13-19-18(23)21-14-6-3-2-4-7-14/h9-12,14H,2-8,13H2,1H3,(H,20,22)(H2,19,21,23). The predicted octanol–water partition coefficient (Wildman–Crippen LogP) is 3.05. The van der Waals surface area contributed by atoms with Crippen molar-refractivity contribution in [3.05, 3.63) is 24.3 Å². The molecule has 6 heteroatoms. The molecule has 0 aromatic heterocycles. The minimum atomic E-state index is -0.127. The zero-order valence-corrected chi connectivity index (χ0v) is 14.3. The minimum absolute atomic E-state index is 0.0605. The third kappa shape index (κ3) is 6.48. The van der Waals surface area contributed by atoms with Gasteiger partial charge in [-0.15, -0.1) is 0 Å². The Bertz CT molecular complexity index is 525. The van der Waals surface area contributed by atoms with E-state index in [0.717, 1.165) is 24.3 Å². The normalized spacial score (nSPS) is 14.7. The van der Waals surface area contributed by atoms with Crippen molar-refractivity contribution in [2.75, 3.05) is 19.0 Å². The molecular formula is C18H27N3O3. The largest absolute Gasteiger partial charge is 0.497 e. The molecule has 0 aliphatic heterocycles. The van der Waals surface area contributed by atoms with Gasteiger partial charge in [-0.2, -0.15) is 0 Å². The maximum absolute atomic E-state index is 11.9. The second-order valence-corrected chi connectivity index (χ2v) is 6.12. The third-order valence-corrected chi connectivity index (χ3v) is 4.18. The number of urea groups is 1. The fourth-order valence-corrected chi connectivity index (χ4v) is 2.83. The van der Waals surface area contributed by atoms with Crippen LogP contribution in [0.2, 0.25) is 0 Å². The van der Waals surface area contributed by atoms with Gasteiger partial charge >= 0.3 is 6.03 Å². The molecule has 0 radical (unpaired) electrons. The van der Waals surface area contributed by atoms with Gasteiger partial charge in [-0.1, -0.05) is 19.3 Å². The topological polar surface area (TPSA) is 79.5 Å². The van der Waals surface area contributed by atoms with Crippen molar-refractivity contribution in [1.29, 1.82) is 0 Å². The van der Waals surface area contributed by atoms with E-state index in [1.807, 2.05) is 0 Å². The van der Waals surface area contributed by atoms with E-state index in [2.05, 4.69) is 16.0 Å². The molecule has 0 heterocycles. The Kier molecular flexibility index (Phi) is 7.39. The highest BCUT2D eigenvalue weighted by atomic mass is 16.5. The first kappa shape index (κ1) is 18.1. The van der Waals surface area contributed by atoms with E-state index in [1.165, 1.54) is 19.3 Å². The summed E-state index contributed by atoms with van der Waals surface area (Å²) in [5.74, 6) is 0.691. The molecule has 0 unspecified atom stereocenters. The van der Waals surface area contributed by atoms with E-state index in [1.54, 1.807) is 31.4 Å². The lowest BCUT2D eigenvalue weighted by Gasteiger charge is -2.22. The molecule has 3 N–H and O–H groups in total. The average molecular weight is 333 g/mol. The van der Waals surface area contributed by atoms with Gasteiger partial charge in [0, 0.05) is 24.7 Å². The molecule has 24 heavy (non-hydrogen) atoms. The van der Waals surface area contributed by atoms with Gasteiger partial charge in [-0.25, -0.2) is 4.79 Å². The quantitative estimate of drug-likeness (QED) is 0.671. The van der Waals surface area contributed by atoms with Crippen LogP contribution in [-0.4, -0.2) is 31.6 Å². The molecule has 0 bridgehead atoms. The van der Waals surface area contributed by atoms with E-state index in [-0.39, 0.29) is 11.9 Å². The van der Waals surface area contributed by atoms with E-state index in [4.69, 9.17) is 4.74 Å². The van der Waals surface area contributed by atoms with Gasteiger partial charge in [0.1, 0.15) is 5.75 Å². The van der Waals surface area contributed by atoms with E-state index in [0.29, 0.717) is 25.4 Å². The number of ether oxygens (including phenoxy) is 1. The Labute approximate surface area is 143 Å². The lowest BCUT2D eigenvalue weighted by Crippen LogP contribution is -2.43. The minimum Gasteiger partial charge on any atom is -0.497 e. The van der Waals surface area contributed by atoms with Gasteiger partial charge in [0.2, 0.25) is 5.91 Å². The summed E-state index contributed by atoms with van der Waals surface area (Å²) in [5, 5.41) is 8.64. The number of methoxy groups -OCH3 is 1. The molecule has 2 rings (SSSR count). The first-order valence-corrected chi connectivity index (χ1v) is 8.65. The van der Waals surface area contributed by atoms with Gasteiger partial charge in [0.15, 0.2) is 0 Å². The van der Waals surface area contributed by atoms with Crippen LogP contribution in [0.5, 0.6) is 5.75 Å². The molecule has 1 aliphatic carbocycles. The van der Waals surface area contributed by atoms with Gasteiger partial charge in [0.25, 0.3) is 0 Å². The molecular weight excluding hydrogens is 306 g/mol. The number of amides is 3. The number of carbonyl (C=O) groups is 2. The number of carbonyl (C=O) groups excluding carboxylic acids is 2. The van der Waals surface area contributed by atoms with E-state index < -0.39 is 0 Å². The Balaban J connectivity index is 1.57. The molecule has 0 saturated heterocycles.